The number of nitrogens with zero attached hydrogens (tertiary/aromatic N) is 3. The van der Waals surface area contributed by atoms with Crippen molar-refractivity contribution in [3.05, 3.63) is 77.9 Å². The minimum Gasteiger partial charge on any atom is -0.497 e. The first-order chi connectivity index (χ1) is 18.1. The summed E-state index contributed by atoms with van der Waals surface area (Å²) in [4.78, 5) is 17.7. The largest absolute Gasteiger partial charge is 0.497 e. The van der Waals surface area contributed by atoms with Crippen molar-refractivity contribution in [3.63, 3.8) is 0 Å². The molecule has 1 N–H and O–H groups in total. The number of benzene rings is 3. The summed E-state index contributed by atoms with van der Waals surface area (Å²) in [5.74, 6) is 2.41. The Balaban J connectivity index is 1.13. The Hall–Kier alpha value is -3.62. The Morgan fingerprint density at radius 1 is 0.973 bits per heavy atom. The van der Waals surface area contributed by atoms with E-state index in [0.717, 1.165) is 56.2 Å². The number of fused-ring (bicyclic) bond motifs is 1. The summed E-state index contributed by atoms with van der Waals surface area (Å²) in [6, 6.07) is 22.1. The van der Waals surface area contributed by atoms with Crippen LogP contribution >= 0.6 is 11.5 Å². The lowest BCUT2D eigenvalue weighted by molar-refractivity contribution is -0.115. The first kappa shape index (κ1) is 25.0. The molecule has 1 saturated heterocycles. The Bertz CT molecular complexity index is 1360. The van der Waals surface area contributed by atoms with E-state index in [4.69, 9.17) is 13.8 Å². The van der Waals surface area contributed by atoms with Crippen molar-refractivity contribution in [3.8, 4) is 11.5 Å². The molecular formula is C29H32N4O3S. The Morgan fingerprint density at radius 2 is 1.81 bits per heavy atom. The number of ether oxygens (including phenoxy) is 2. The normalized spacial score (nSPS) is 14.1. The number of amides is 1. The van der Waals surface area contributed by atoms with Crippen LogP contribution in [0.4, 0.5) is 11.5 Å². The predicted molar refractivity (Wildman–Crippen MR) is 150 cm³/mol. The zero-order valence-electron chi connectivity index (χ0n) is 21.3. The maximum atomic E-state index is 12.8. The standard InChI is InChI=1S/C29H32N4O3S/c1-35-24-10-11-26(36-2)22(19-24)20-28(34)30-23-7-5-6-21(18-23)12-13-32-14-16-33(17-15-32)29-25-8-3-4-9-27(25)37-31-29/h3-11,18-19H,12-17,20H2,1-2H3,(H,30,34). The molecule has 4 aromatic rings. The molecule has 1 aliphatic heterocycles. The number of hydrogen-bond acceptors (Lipinski definition) is 7. The van der Waals surface area contributed by atoms with E-state index >= 15 is 0 Å². The minimum atomic E-state index is -0.0885. The highest BCUT2D eigenvalue weighted by Gasteiger charge is 2.20. The summed E-state index contributed by atoms with van der Waals surface area (Å²) in [5, 5.41) is 4.29. The Labute approximate surface area is 221 Å². The van der Waals surface area contributed by atoms with E-state index in [9.17, 15) is 4.79 Å². The van der Waals surface area contributed by atoms with Crippen LogP contribution in [0.3, 0.4) is 0 Å². The van der Waals surface area contributed by atoms with Crippen LogP contribution in [0.25, 0.3) is 10.1 Å². The molecule has 2 heterocycles. The highest BCUT2D eigenvalue weighted by Crippen LogP contribution is 2.30. The summed E-state index contributed by atoms with van der Waals surface area (Å²) in [6.45, 7) is 4.99. The summed E-state index contributed by atoms with van der Waals surface area (Å²) >= 11 is 1.58. The highest BCUT2D eigenvalue weighted by molar-refractivity contribution is 7.13. The molecule has 0 atom stereocenters. The van der Waals surface area contributed by atoms with Gasteiger partial charge in [0.25, 0.3) is 0 Å². The number of nitrogens with one attached hydrogen (secondary N) is 1. The van der Waals surface area contributed by atoms with E-state index in [1.54, 1.807) is 25.8 Å². The van der Waals surface area contributed by atoms with E-state index < -0.39 is 0 Å². The number of aromatic nitrogens is 1. The summed E-state index contributed by atoms with van der Waals surface area (Å²) < 4.78 is 16.7. The number of piperazine rings is 1. The highest BCUT2D eigenvalue weighted by atomic mass is 32.1. The number of carbonyl (C=O) groups excluding carboxylic acids is 1. The monoisotopic (exact) mass is 516 g/mol. The molecule has 0 unspecified atom stereocenters. The van der Waals surface area contributed by atoms with Crippen molar-refractivity contribution in [2.24, 2.45) is 0 Å². The molecule has 1 aliphatic rings. The third kappa shape index (κ3) is 6.03. The lowest BCUT2D eigenvalue weighted by atomic mass is 10.1. The molecule has 3 aromatic carbocycles. The Kier molecular flexibility index (Phi) is 7.87. The molecule has 1 amide bonds. The van der Waals surface area contributed by atoms with E-state index in [-0.39, 0.29) is 12.3 Å². The molecule has 0 saturated carbocycles. The van der Waals surface area contributed by atoms with E-state index in [1.807, 2.05) is 30.3 Å². The molecular weight excluding hydrogens is 484 g/mol. The van der Waals surface area contributed by atoms with Gasteiger partial charge in [-0.1, -0.05) is 24.3 Å². The second-order valence-electron chi connectivity index (χ2n) is 9.18. The second kappa shape index (κ2) is 11.6. The number of carbonyl (C=O) groups is 1. The first-order valence-electron chi connectivity index (χ1n) is 12.5. The SMILES string of the molecule is COc1ccc(OC)c(CC(=O)Nc2cccc(CCN3CCN(c4nsc5ccccc45)CC3)c2)c1. The van der Waals surface area contributed by atoms with E-state index in [1.165, 1.54) is 15.6 Å². The molecule has 0 radical (unpaired) electrons. The van der Waals surface area contributed by atoms with Gasteiger partial charge in [0, 0.05) is 49.4 Å². The van der Waals surface area contributed by atoms with Crippen LogP contribution in [0, 0.1) is 0 Å². The van der Waals surface area contributed by atoms with Gasteiger partial charge in [-0.25, -0.2) is 0 Å². The fraction of sp³-hybridized carbons (Fsp3) is 0.310. The molecule has 0 bridgehead atoms. The van der Waals surface area contributed by atoms with Crippen LogP contribution in [-0.4, -0.2) is 62.1 Å². The van der Waals surface area contributed by atoms with Crippen LogP contribution in [0.15, 0.2) is 66.7 Å². The zero-order valence-corrected chi connectivity index (χ0v) is 22.1. The Morgan fingerprint density at radius 3 is 2.62 bits per heavy atom. The molecule has 5 rings (SSSR count). The third-order valence-electron chi connectivity index (χ3n) is 6.80. The van der Waals surface area contributed by atoms with Gasteiger partial charge < -0.3 is 19.7 Å². The van der Waals surface area contributed by atoms with Crippen LogP contribution < -0.4 is 19.7 Å². The molecule has 8 heteroatoms. The number of hydrogen-bond donors (Lipinski definition) is 1. The predicted octanol–water partition coefficient (Wildman–Crippen LogP) is 4.86. The molecule has 7 nitrogen and oxygen atoms in total. The average molecular weight is 517 g/mol. The van der Waals surface area contributed by atoms with Crippen molar-refractivity contribution < 1.29 is 14.3 Å². The van der Waals surface area contributed by atoms with Crippen molar-refractivity contribution in [2.75, 3.05) is 57.2 Å². The van der Waals surface area contributed by atoms with E-state index in [0.29, 0.717) is 11.5 Å². The van der Waals surface area contributed by atoms with Gasteiger partial charge >= 0.3 is 0 Å². The van der Waals surface area contributed by atoms with Gasteiger partial charge in [-0.2, -0.15) is 4.37 Å². The van der Waals surface area contributed by atoms with Gasteiger partial charge in [-0.05, 0) is 66.0 Å². The maximum Gasteiger partial charge on any atom is 0.228 e. The minimum absolute atomic E-state index is 0.0885. The van der Waals surface area contributed by atoms with Gasteiger partial charge in [0.05, 0.1) is 25.3 Å². The van der Waals surface area contributed by atoms with Gasteiger partial charge in [0.1, 0.15) is 17.3 Å². The van der Waals surface area contributed by atoms with Crippen molar-refractivity contribution >= 4 is 39.0 Å². The van der Waals surface area contributed by atoms with Gasteiger partial charge in [0.15, 0.2) is 0 Å². The summed E-state index contributed by atoms with van der Waals surface area (Å²) in [6.07, 6.45) is 1.15. The number of anilines is 2. The molecule has 0 aliphatic carbocycles. The van der Waals surface area contributed by atoms with Crippen molar-refractivity contribution in [1.82, 2.24) is 9.27 Å². The van der Waals surface area contributed by atoms with Crippen LogP contribution in [0.1, 0.15) is 11.1 Å². The fourth-order valence-corrected chi connectivity index (χ4v) is 5.57. The van der Waals surface area contributed by atoms with Crippen LogP contribution in [0.5, 0.6) is 11.5 Å². The smallest absolute Gasteiger partial charge is 0.228 e. The van der Waals surface area contributed by atoms with Crippen LogP contribution in [-0.2, 0) is 17.6 Å². The van der Waals surface area contributed by atoms with Gasteiger partial charge in [-0.3, -0.25) is 9.69 Å². The quantitative estimate of drug-likeness (QED) is 0.343. The number of methoxy groups -OCH3 is 2. The molecule has 37 heavy (non-hydrogen) atoms. The lowest BCUT2D eigenvalue weighted by Gasteiger charge is -2.35. The van der Waals surface area contributed by atoms with Gasteiger partial charge in [-0.15, -0.1) is 0 Å². The zero-order chi connectivity index (χ0) is 25.6. The number of rotatable bonds is 9. The summed E-state index contributed by atoms with van der Waals surface area (Å²) in [7, 11) is 3.22. The fourth-order valence-electron chi connectivity index (χ4n) is 4.77. The average Bonchev–Trinajstić information content (AvgIpc) is 3.36. The molecule has 1 fully saturated rings. The first-order valence-corrected chi connectivity index (χ1v) is 13.3. The van der Waals surface area contributed by atoms with Crippen molar-refractivity contribution in [1.29, 1.82) is 0 Å². The van der Waals surface area contributed by atoms with Crippen molar-refractivity contribution in [2.45, 2.75) is 12.8 Å². The molecule has 0 spiro atoms. The topological polar surface area (TPSA) is 66.9 Å². The third-order valence-corrected chi connectivity index (χ3v) is 7.61. The molecule has 1 aromatic heterocycles. The molecule has 192 valence electrons. The lowest BCUT2D eigenvalue weighted by Crippen LogP contribution is -2.47. The maximum absolute atomic E-state index is 12.8. The van der Waals surface area contributed by atoms with Gasteiger partial charge in [0.2, 0.25) is 5.91 Å². The summed E-state index contributed by atoms with van der Waals surface area (Å²) in [5.41, 5.74) is 2.81. The van der Waals surface area contributed by atoms with E-state index in [2.05, 4.69) is 51.5 Å². The second-order valence-corrected chi connectivity index (χ2v) is 9.99. The van der Waals surface area contributed by atoms with Crippen LogP contribution in [0.2, 0.25) is 0 Å².